The summed E-state index contributed by atoms with van der Waals surface area (Å²) in [6.07, 6.45) is 3.77. The molecule has 1 N–H and O–H groups in total. The Morgan fingerprint density at radius 3 is 2.74 bits per heavy atom. The van der Waals surface area contributed by atoms with E-state index in [1.54, 1.807) is 0 Å². The highest BCUT2D eigenvalue weighted by molar-refractivity contribution is 5.75. The van der Waals surface area contributed by atoms with Crippen molar-refractivity contribution < 1.29 is 13.8 Å². The molecule has 4 rings (SSSR count). The van der Waals surface area contributed by atoms with Crippen LogP contribution in [0, 0.1) is 6.92 Å². The molecule has 0 unspecified atom stereocenters. The number of aryl methyl sites for hydroxylation is 2. The molecular formula is C19H21N5O3. The van der Waals surface area contributed by atoms with Crippen molar-refractivity contribution in [3.63, 3.8) is 0 Å². The van der Waals surface area contributed by atoms with Gasteiger partial charge in [-0.05, 0) is 26.2 Å². The molecule has 1 aromatic carbocycles. The molecule has 8 heteroatoms. The Morgan fingerprint density at radius 1 is 1.15 bits per heavy atom. The molecule has 1 fully saturated rings. The van der Waals surface area contributed by atoms with Crippen LogP contribution in [0.1, 0.15) is 54.8 Å². The Labute approximate surface area is 156 Å². The van der Waals surface area contributed by atoms with Crippen LogP contribution in [0.25, 0.3) is 11.4 Å². The number of nitrogens with one attached hydrogen (secondary N) is 1. The predicted octanol–water partition coefficient (Wildman–Crippen LogP) is 2.94. The maximum absolute atomic E-state index is 12.0. The van der Waals surface area contributed by atoms with Gasteiger partial charge in [-0.2, -0.15) is 9.97 Å². The standard InChI is InChI=1S/C19H21N5O3/c1-12-5-7-13(8-6-12)18-22-17(26-24-18)4-2-3-16(25)20-11-15-21-19(27-23-15)14-9-10-14/h5-8,14H,2-4,9-11H2,1H3,(H,20,25). The van der Waals surface area contributed by atoms with Crippen LogP contribution in [0.2, 0.25) is 0 Å². The smallest absolute Gasteiger partial charge is 0.229 e. The summed E-state index contributed by atoms with van der Waals surface area (Å²) < 4.78 is 10.4. The fourth-order valence-corrected chi connectivity index (χ4v) is 2.68. The van der Waals surface area contributed by atoms with E-state index in [0.717, 1.165) is 18.4 Å². The second-order valence-corrected chi connectivity index (χ2v) is 6.83. The first-order valence-electron chi connectivity index (χ1n) is 9.16. The summed E-state index contributed by atoms with van der Waals surface area (Å²) >= 11 is 0. The summed E-state index contributed by atoms with van der Waals surface area (Å²) in [4.78, 5) is 20.6. The van der Waals surface area contributed by atoms with E-state index in [1.165, 1.54) is 5.56 Å². The molecule has 0 radical (unpaired) electrons. The molecule has 0 atom stereocenters. The minimum atomic E-state index is -0.0638. The van der Waals surface area contributed by atoms with E-state index in [4.69, 9.17) is 9.05 Å². The largest absolute Gasteiger partial charge is 0.349 e. The van der Waals surface area contributed by atoms with Crippen LogP contribution >= 0.6 is 0 Å². The summed E-state index contributed by atoms with van der Waals surface area (Å²) in [6, 6.07) is 7.94. The van der Waals surface area contributed by atoms with Crippen molar-refractivity contribution in [3.05, 3.63) is 47.4 Å². The van der Waals surface area contributed by atoms with Gasteiger partial charge in [-0.3, -0.25) is 4.79 Å². The first-order valence-corrected chi connectivity index (χ1v) is 9.16. The van der Waals surface area contributed by atoms with Gasteiger partial charge in [0.15, 0.2) is 5.82 Å². The van der Waals surface area contributed by atoms with Crippen LogP contribution in [-0.4, -0.2) is 26.2 Å². The lowest BCUT2D eigenvalue weighted by Gasteiger charge is -2.00. The van der Waals surface area contributed by atoms with E-state index in [-0.39, 0.29) is 12.5 Å². The van der Waals surface area contributed by atoms with Crippen LogP contribution < -0.4 is 5.32 Å². The van der Waals surface area contributed by atoms with Gasteiger partial charge in [0.05, 0.1) is 6.54 Å². The zero-order valence-corrected chi connectivity index (χ0v) is 15.1. The van der Waals surface area contributed by atoms with Crippen molar-refractivity contribution in [2.45, 2.75) is 51.5 Å². The first-order chi connectivity index (χ1) is 13.2. The van der Waals surface area contributed by atoms with Crippen LogP contribution in [-0.2, 0) is 17.8 Å². The topological polar surface area (TPSA) is 107 Å². The van der Waals surface area contributed by atoms with Crippen molar-refractivity contribution in [3.8, 4) is 11.4 Å². The van der Waals surface area contributed by atoms with Gasteiger partial charge >= 0.3 is 0 Å². The molecule has 0 spiro atoms. The molecule has 8 nitrogen and oxygen atoms in total. The van der Waals surface area contributed by atoms with Gasteiger partial charge in [-0.1, -0.05) is 40.1 Å². The maximum Gasteiger partial charge on any atom is 0.229 e. The quantitative estimate of drug-likeness (QED) is 0.652. The molecular weight excluding hydrogens is 346 g/mol. The SMILES string of the molecule is Cc1ccc(-c2noc(CCCC(=O)NCc3noc(C4CC4)n3)n2)cc1. The minimum absolute atomic E-state index is 0.0638. The second-order valence-electron chi connectivity index (χ2n) is 6.83. The highest BCUT2D eigenvalue weighted by Gasteiger charge is 2.29. The zero-order chi connectivity index (χ0) is 18.6. The molecule has 0 saturated heterocycles. The molecule has 2 aromatic heterocycles. The molecule has 140 valence electrons. The highest BCUT2D eigenvalue weighted by atomic mass is 16.5. The van der Waals surface area contributed by atoms with Crippen LogP contribution in [0.3, 0.4) is 0 Å². The lowest BCUT2D eigenvalue weighted by atomic mass is 10.1. The van der Waals surface area contributed by atoms with Crippen molar-refractivity contribution >= 4 is 5.91 Å². The molecule has 1 aliphatic carbocycles. The fourth-order valence-electron chi connectivity index (χ4n) is 2.68. The summed E-state index contributed by atoms with van der Waals surface area (Å²) in [5.41, 5.74) is 2.09. The van der Waals surface area contributed by atoms with Crippen molar-refractivity contribution in [2.75, 3.05) is 0 Å². The minimum Gasteiger partial charge on any atom is -0.349 e. The van der Waals surface area contributed by atoms with Crippen molar-refractivity contribution in [1.29, 1.82) is 0 Å². The number of hydrogen-bond acceptors (Lipinski definition) is 7. The van der Waals surface area contributed by atoms with E-state index in [9.17, 15) is 4.79 Å². The Kier molecular flexibility index (Phi) is 4.95. The summed E-state index contributed by atoms with van der Waals surface area (Å²) in [5.74, 6) is 2.65. The number of nitrogens with zero attached hydrogens (tertiary/aromatic N) is 4. The third kappa shape index (κ3) is 4.58. The molecule has 1 aliphatic rings. The number of benzene rings is 1. The average molecular weight is 367 g/mol. The molecule has 1 saturated carbocycles. The number of amides is 1. The fraction of sp³-hybridized carbons (Fsp3) is 0.421. The molecule has 0 bridgehead atoms. The highest BCUT2D eigenvalue weighted by Crippen LogP contribution is 2.38. The Balaban J connectivity index is 1.20. The zero-order valence-electron chi connectivity index (χ0n) is 15.1. The number of carbonyl (C=O) groups is 1. The Hall–Kier alpha value is -3.03. The number of aromatic nitrogens is 4. The molecule has 0 aliphatic heterocycles. The summed E-state index contributed by atoms with van der Waals surface area (Å²) in [5, 5.41) is 10.7. The van der Waals surface area contributed by atoms with Gasteiger partial charge in [-0.15, -0.1) is 0 Å². The van der Waals surface area contributed by atoms with Crippen LogP contribution in [0.4, 0.5) is 0 Å². The van der Waals surface area contributed by atoms with Crippen molar-refractivity contribution in [2.24, 2.45) is 0 Å². The molecule has 2 heterocycles. The third-order valence-electron chi connectivity index (χ3n) is 4.43. The summed E-state index contributed by atoms with van der Waals surface area (Å²) in [6.45, 7) is 2.31. The van der Waals surface area contributed by atoms with Crippen LogP contribution in [0.15, 0.2) is 33.3 Å². The molecule has 1 amide bonds. The number of rotatable bonds is 8. The van der Waals surface area contributed by atoms with E-state index in [1.807, 2.05) is 31.2 Å². The van der Waals surface area contributed by atoms with E-state index in [2.05, 4.69) is 25.6 Å². The Bertz CT molecular complexity index is 912. The lowest BCUT2D eigenvalue weighted by Crippen LogP contribution is -2.23. The van der Waals surface area contributed by atoms with Gasteiger partial charge in [0.2, 0.25) is 23.5 Å². The van der Waals surface area contributed by atoms with E-state index >= 15 is 0 Å². The van der Waals surface area contributed by atoms with Gasteiger partial charge in [-0.25, -0.2) is 0 Å². The monoisotopic (exact) mass is 367 g/mol. The lowest BCUT2D eigenvalue weighted by molar-refractivity contribution is -0.121. The first kappa shape index (κ1) is 17.4. The van der Waals surface area contributed by atoms with Gasteiger partial charge in [0.1, 0.15) is 0 Å². The second kappa shape index (κ2) is 7.69. The number of carbonyl (C=O) groups excluding carboxylic acids is 1. The van der Waals surface area contributed by atoms with Gasteiger partial charge in [0, 0.05) is 24.3 Å². The van der Waals surface area contributed by atoms with Crippen molar-refractivity contribution in [1.82, 2.24) is 25.6 Å². The van der Waals surface area contributed by atoms with E-state index in [0.29, 0.717) is 48.6 Å². The maximum atomic E-state index is 12.0. The van der Waals surface area contributed by atoms with Gasteiger partial charge < -0.3 is 14.4 Å². The molecule has 27 heavy (non-hydrogen) atoms. The average Bonchev–Trinajstić information content (AvgIpc) is 3.23. The van der Waals surface area contributed by atoms with Gasteiger partial charge in [0.25, 0.3) is 0 Å². The number of hydrogen-bond donors (Lipinski definition) is 1. The summed E-state index contributed by atoms with van der Waals surface area (Å²) in [7, 11) is 0. The predicted molar refractivity (Wildman–Crippen MR) is 95.5 cm³/mol. The normalized spacial score (nSPS) is 13.7. The third-order valence-corrected chi connectivity index (χ3v) is 4.43. The Morgan fingerprint density at radius 2 is 1.96 bits per heavy atom. The molecule has 3 aromatic rings. The van der Waals surface area contributed by atoms with Crippen LogP contribution in [0.5, 0.6) is 0 Å². The van der Waals surface area contributed by atoms with E-state index < -0.39 is 0 Å².